The molecule has 6 rings (SSSR count). The van der Waals surface area contributed by atoms with Crippen LogP contribution in [0.3, 0.4) is 0 Å². The van der Waals surface area contributed by atoms with E-state index in [-0.39, 0.29) is 22.7 Å². The van der Waals surface area contributed by atoms with Crippen molar-refractivity contribution < 1.29 is 29.0 Å². The number of carboxylic acids is 1. The van der Waals surface area contributed by atoms with Crippen LogP contribution in [0, 0.1) is 0 Å². The van der Waals surface area contributed by atoms with E-state index in [1.807, 2.05) is 72.8 Å². The summed E-state index contributed by atoms with van der Waals surface area (Å²) in [6.45, 7) is 8.29. The molecule has 9 heteroatoms. The number of amides is 1. The number of aromatic carboxylic acids is 1. The van der Waals surface area contributed by atoms with Crippen LogP contribution in [0.25, 0.3) is 16.8 Å². The molecule has 9 nitrogen and oxygen atoms in total. The predicted octanol–water partition coefficient (Wildman–Crippen LogP) is 8.53. The molecule has 0 aliphatic carbocycles. The first kappa shape index (κ1) is 34.2. The van der Waals surface area contributed by atoms with E-state index >= 15 is 0 Å². The van der Waals surface area contributed by atoms with Gasteiger partial charge in [0.25, 0.3) is 5.91 Å². The molecule has 1 N–H and O–H groups in total. The smallest absolute Gasteiger partial charge is 0.357 e. The molecule has 0 unspecified atom stereocenters. The number of carboxylic acid groups (broad SMARTS) is 1. The summed E-state index contributed by atoms with van der Waals surface area (Å²) in [4.78, 5) is 42.5. The zero-order valence-electron chi connectivity index (χ0n) is 28.8. The highest BCUT2D eigenvalue weighted by Gasteiger charge is 2.31. The summed E-state index contributed by atoms with van der Waals surface area (Å²) in [5.74, 6) is -0.771. The fraction of sp³-hybridized carbons (Fsp3) is 0.268. The molecule has 0 atom stereocenters. The van der Waals surface area contributed by atoms with Crippen LogP contribution < -0.4 is 4.74 Å². The van der Waals surface area contributed by atoms with Crippen LogP contribution in [0.5, 0.6) is 11.5 Å². The molecule has 1 aliphatic rings. The molecule has 0 spiro atoms. The van der Waals surface area contributed by atoms with Gasteiger partial charge in [-0.25, -0.2) is 14.3 Å². The highest BCUT2D eigenvalue weighted by Crippen LogP contribution is 2.36. The molecule has 1 aromatic heterocycles. The molecule has 256 valence electrons. The second-order valence-corrected chi connectivity index (χ2v) is 13.4. The molecular formula is C41H41N3O6. The van der Waals surface area contributed by atoms with Gasteiger partial charge < -0.3 is 19.5 Å². The minimum absolute atomic E-state index is 0.177. The molecule has 0 bridgehead atoms. The second-order valence-electron chi connectivity index (χ2n) is 13.4. The summed E-state index contributed by atoms with van der Waals surface area (Å²) in [5.41, 5.74) is 3.81. The molecule has 50 heavy (non-hydrogen) atoms. The minimum atomic E-state index is -1.22. The van der Waals surface area contributed by atoms with E-state index in [9.17, 15) is 19.5 Å². The topological polar surface area (TPSA) is 111 Å². The number of benzene rings is 4. The van der Waals surface area contributed by atoms with Crippen LogP contribution in [0.1, 0.15) is 88.6 Å². The van der Waals surface area contributed by atoms with E-state index in [2.05, 4.69) is 18.1 Å². The maximum absolute atomic E-state index is 14.5. The molecule has 0 saturated heterocycles. The Morgan fingerprint density at radius 1 is 0.860 bits per heavy atom. The molecule has 5 aromatic rings. The lowest BCUT2D eigenvalue weighted by molar-refractivity contribution is 0.00692. The van der Waals surface area contributed by atoms with E-state index in [0.29, 0.717) is 59.9 Å². The lowest BCUT2D eigenvalue weighted by atomic mass is 9.92. The summed E-state index contributed by atoms with van der Waals surface area (Å²) >= 11 is 0. The van der Waals surface area contributed by atoms with E-state index in [0.717, 1.165) is 18.4 Å². The van der Waals surface area contributed by atoms with Gasteiger partial charge in [0, 0.05) is 24.2 Å². The Morgan fingerprint density at radius 3 is 2.22 bits per heavy atom. The van der Waals surface area contributed by atoms with Gasteiger partial charge in [0.1, 0.15) is 17.1 Å². The largest absolute Gasteiger partial charge is 0.476 e. The zero-order chi connectivity index (χ0) is 35.4. The van der Waals surface area contributed by atoms with Gasteiger partial charge in [-0.05, 0) is 105 Å². The Hall–Kier alpha value is -5.70. The van der Waals surface area contributed by atoms with Gasteiger partial charge in [0.2, 0.25) is 0 Å². The Labute approximate surface area is 292 Å². The highest BCUT2D eigenvalue weighted by molar-refractivity contribution is 6.06. The van der Waals surface area contributed by atoms with Gasteiger partial charge in [0.15, 0.2) is 5.69 Å². The van der Waals surface area contributed by atoms with Crippen molar-refractivity contribution in [2.75, 3.05) is 6.54 Å². The van der Waals surface area contributed by atoms with Gasteiger partial charge in [-0.2, -0.15) is 5.10 Å². The number of carbonyl (C=O) groups excluding carboxylic acids is 2. The number of fused-ring (bicyclic) bond motifs is 1. The van der Waals surface area contributed by atoms with Crippen LogP contribution in [-0.4, -0.2) is 49.8 Å². The molecule has 4 aromatic carbocycles. The maximum Gasteiger partial charge on any atom is 0.357 e. The van der Waals surface area contributed by atoms with Crippen LogP contribution in [0.15, 0.2) is 97.1 Å². The summed E-state index contributed by atoms with van der Waals surface area (Å²) < 4.78 is 13.3. The van der Waals surface area contributed by atoms with Crippen molar-refractivity contribution in [3.63, 3.8) is 0 Å². The third-order valence-corrected chi connectivity index (χ3v) is 8.58. The Balaban J connectivity index is 1.48. The normalized spacial score (nSPS) is 12.7. The van der Waals surface area contributed by atoms with Crippen molar-refractivity contribution in [2.45, 2.75) is 65.5 Å². The van der Waals surface area contributed by atoms with E-state index in [1.54, 1.807) is 42.5 Å². The number of unbranched alkanes of at least 4 members (excludes halogenated alkanes) is 1. The van der Waals surface area contributed by atoms with Crippen molar-refractivity contribution >= 4 is 17.8 Å². The minimum Gasteiger partial charge on any atom is -0.476 e. The Kier molecular flexibility index (Phi) is 9.86. The van der Waals surface area contributed by atoms with Gasteiger partial charge in [-0.3, -0.25) is 4.79 Å². The third-order valence-electron chi connectivity index (χ3n) is 8.58. The van der Waals surface area contributed by atoms with Crippen molar-refractivity contribution in [3.05, 3.63) is 131 Å². The number of rotatable bonds is 10. The number of nitrogens with zero attached hydrogens (tertiary/aromatic N) is 3. The first-order valence-electron chi connectivity index (χ1n) is 16.9. The van der Waals surface area contributed by atoms with Gasteiger partial charge in [0.05, 0.1) is 16.9 Å². The fourth-order valence-corrected chi connectivity index (χ4v) is 6.20. The Morgan fingerprint density at radius 2 is 1.54 bits per heavy atom. The number of carbonyl (C=O) groups is 3. The fourth-order valence-electron chi connectivity index (χ4n) is 6.20. The monoisotopic (exact) mass is 671 g/mol. The van der Waals surface area contributed by atoms with Crippen molar-refractivity contribution in [2.24, 2.45) is 0 Å². The number of hydrogen-bond acceptors (Lipinski definition) is 6. The van der Waals surface area contributed by atoms with Crippen molar-refractivity contribution in [3.8, 4) is 28.3 Å². The average molecular weight is 672 g/mol. The summed E-state index contributed by atoms with van der Waals surface area (Å²) in [7, 11) is 0. The number of hydrogen-bond donors (Lipinski definition) is 1. The van der Waals surface area contributed by atoms with E-state index in [1.165, 1.54) is 11.6 Å². The molecule has 1 amide bonds. The predicted molar refractivity (Wildman–Crippen MR) is 191 cm³/mol. The van der Waals surface area contributed by atoms with Crippen molar-refractivity contribution in [1.29, 1.82) is 0 Å². The van der Waals surface area contributed by atoms with E-state index < -0.39 is 17.5 Å². The number of para-hydroxylation sites is 1. The van der Waals surface area contributed by atoms with Crippen LogP contribution in [0.2, 0.25) is 0 Å². The molecule has 0 radical (unpaired) electrons. The van der Waals surface area contributed by atoms with Crippen molar-refractivity contribution in [1.82, 2.24) is 14.7 Å². The third kappa shape index (κ3) is 7.47. The summed E-state index contributed by atoms with van der Waals surface area (Å²) in [6, 6.07) is 29.5. The molecule has 0 fully saturated rings. The van der Waals surface area contributed by atoms with Crippen LogP contribution in [-0.2, 0) is 24.1 Å². The molecule has 2 heterocycles. The maximum atomic E-state index is 14.5. The van der Waals surface area contributed by atoms with E-state index in [4.69, 9.17) is 9.47 Å². The summed E-state index contributed by atoms with van der Waals surface area (Å²) in [5, 5.41) is 15.2. The van der Waals surface area contributed by atoms with Gasteiger partial charge >= 0.3 is 11.9 Å². The first-order valence-corrected chi connectivity index (χ1v) is 16.9. The first-order chi connectivity index (χ1) is 24.0. The SMILES string of the molecule is CCCCc1c(-c2ccc(C(=O)OC(C)(C)C)cc2C(=O)N2CCc3ccccc3C2)c(C(=O)O)nn1-c1ccc(Oc2ccccc2)cc1. The number of esters is 1. The van der Waals surface area contributed by atoms with Crippen LogP contribution >= 0.6 is 0 Å². The second kappa shape index (κ2) is 14.4. The lowest BCUT2D eigenvalue weighted by Gasteiger charge is -2.30. The summed E-state index contributed by atoms with van der Waals surface area (Å²) in [6.07, 6.45) is 2.81. The van der Waals surface area contributed by atoms with Gasteiger partial charge in [-0.1, -0.05) is 61.9 Å². The lowest BCUT2D eigenvalue weighted by Crippen LogP contribution is -2.36. The average Bonchev–Trinajstić information content (AvgIpc) is 3.49. The quantitative estimate of drug-likeness (QED) is 0.148. The van der Waals surface area contributed by atoms with Gasteiger partial charge in [-0.15, -0.1) is 0 Å². The molecule has 0 saturated carbocycles. The zero-order valence-corrected chi connectivity index (χ0v) is 28.8. The number of aromatic nitrogens is 2. The van der Waals surface area contributed by atoms with Crippen LogP contribution in [0.4, 0.5) is 0 Å². The molecular weight excluding hydrogens is 630 g/mol. The molecule has 1 aliphatic heterocycles. The Bertz CT molecular complexity index is 2030. The number of ether oxygens (including phenoxy) is 2. The highest BCUT2D eigenvalue weighted by atomic mass is 16.6. The standard InChI is InChI=1S/C41H41N3O6/c1-5-6-16-35-36(37(39(46)47)42-44(35)30-18-20-32(21-19-30)49-31-14-8-7-9-15-31)33-22-17-28(40(48)50-41(2,3)4)25-34(33)38(45)43-24-23-27-12-10-11-13-29(27)26-43/h7-15,17-22,25H,5-6,16,23-24,26H2,1-4H3,(H,46,47).